The van der Waals surface area contributed by atoms with Crippen LogP contribution in [0.3, 0.4) is 0 Å². The van der Waals surface area contributed by atoms with Crippen LogP contribution in [0.25, 0.3) is 0 Å². The average Bonchev–Trinajstić information content (AvgIpc) is 3.40. The third-order valence-electron chi connectivity index (χ3n) is 4.60. The number of hydrogen-bond acceptors (Lipinski definition) is 6. The zero-order valence-electron chi connectivity index (χ0n) is 15.4. The van der Waals surface area contributed by atoms with Gasteiger partial charge in [0.25, 0.3) is 0 Å². The summed E-state index contributed by atoms with van der Waals surface area (Å²) in [7, 11) is -3.86. The van der Waals surface area contributed by atoms with Gasteiger partial charge < -0.3 is 19.2 Å². The summed E-state index contributed by atoms with van der Waals surface area (Å²) in [6.45, 7) is -0.0635. The second-order valence-corrected chi connectivity index (χ2v) is 8.66. The molecule has 4 rings (SSSR count). The van der Waals surface area contributed by atoms with Crippen LogP contribution in [0.1, 0.15) is 16.6 Å². The van der Waals surface area contributed by atoms with Crippen LogP contribution >= 0.6 is 0 Å². The zero-order valence-corrected chi connectivity index (χ0v) is 16.2. The van der Waals surface area contributed by atoms with Crippen molar-refractivity contribution in [3.05, 3.63) is 78.3 Å². The molecule has 1 aromatic heterocycles. The predicted octanol–water partition coefficient (Wildman–Crippen LogP) is 2.88. The Morgan fingerprint density at radius 2 is 1.79 bits per heavy atom. The first-order valence-corrected chi connectivity index (χ1v) is 10.6. The lowest BCUT2D eigenvalue weighted by Gasteiger charge is -2.17. The van der Waals surface area contributed by atoms with Crippen LogP contribution in [0.2, 0.25) is 0 Å². The molecule has 8 heteroatoms. The van der Waals surface area contributed by atoms with Gasteiger partial charge in [-0.05, 0) is 29.8 Å². The van der Waals surface area contributed by atoms with Crippen LogP contribution in [0.4, 0.5) is 0 Å². The fourth-order valence-electron chi connectivity index (χ4n) is 3.11. The molecule has 1 atom stereocenters. The maximum absolute atomic E-state index is 13.3. The van der Waals surface area contributed by atoms with Crippen molar-refractivity contribution in [2.24, 2.45) is 0 Å². The third-order valence-corrected chi connectivity index (χ3v) is 6.66. The molecule has 0 aliphatic carbocycles. The minimum atomic E-state index is -3.86. The van der Waals surface area contributed by atoms with Gasteiger partial charge in [-0.15, -0.1) is 0 Å². The Bertz CT molecular complexity index is 1090. The lowest BCUT2D eigenvalue weighted by molar-refractivity contribution is -0.120. The highest BCUT2D eigenvalue weighted by Crippen LogP contribution is 2.37. The zero-order chi connectivity index (χ0) is 20.3. The second kappa shape index (κ2) is 8.00. The van der Waals surface area contributed by atoms with Crippen molar-refractivity contribution in [1.29, 1.82) is 0 Å². The van der Waals surface area contributed by atoms with Gasteiger partial charge >= 0.3 is 0 Å². The summed E-state index contributed by atoms with van der Waals surface area (Å²) >= 11 is 0. The van der Waals surface area contributed by atoms with Crippen LogP contribution in [0, 0.1) is 0 Å². The van der Waals surface area contributed by atoms with E-state index in [9.17, 15) is 13.2 Å². The van der Waals surface area contributed by atoms with Crippen molar-refractivity contribution >= 4 is 15.7 Å². The maximum atomic E-state index is 13.3. The molecule has 150 valence electrons. The standard InChI is InChI=1S/C21H19NO6S/c23-21(11-15-5-2-1-3-6-15)22-13-20(18-7-4-10-26-18)29(24,25)16-8-9-17-19(12-16)28-14-27-17/h1-10,12,20H,11,13-14H2,(H,22,23)/t20-/m1/s1. The number of carbonyl (C=O) groups excluding carboxylic acids is 1. The van der Waals surface area contributed by atoms with Gasteiger partial charge in [-0.25, -0.2) is 8.42 Å². The van der Waals surface area contributed by atoms with Gasteiger partial charge in [0, 0.05) is 12.6 Å². The SMILES string of the molecule is O=C(Cc1ccccc1)NC[C@H](c1ccco1)S(=O)(=O)c1ccc2c(c1)OCO2. The number of rotatable bonds is 7. The topological polar surface area (TPSA) is 94.8 Å². The molecule has 3 aromatic rings. The number of benzene rings is 2. The van der Waals surface area contributed by atoms with Crippen molar-refractivity contribution in [2.45, 2.75) is 16.6 Å². The van der Waals surface area contributed by atoms with E-state index in [1.165, 1.54) is 18.4 Å². The Labute approximate surface area is 168 Å². The first kappa shape index (κ1) is 19.1. The smallest absolute Gasteiger partial charge is 0.231 e. The Morgan fingerprint density at radius 1 is 1.00 bits per heavy atom. The summed E-state index contributed by atoms with van der Waals surface area (Å²) in [4.78, 5) is 12.4. The van der Waals surface area contributed by atoms with E-state index in [0.717, 1.165) is 5.56 Å². The molecule has 0 saturated heterocycles. The van der Waals surface area contributed by atoms with Crippen LogP contribution in [0.5, 0.6) is 11.5 Å². The monoisotopic (exact) mass is 413 g/mol. The highest BCUT2D eigenvalue weighted by atomic mass is 32.2. The normalized spacial score (nSPS) is 13.8. The number of fused-ring (bicyclic) bond motifs is 1. The molecule has 0 bridgehead atoms. The first-order valence-electron chi connectivity index (χ1n) is 9.01. The highest BCUT2D eigenvalue weighted by molar-refractivity contribution is 7.91. The molecule has 0 saturated carbocycles. The second-order valence-electron chi connectivity index (χ2n) is 6.53. The van der Waals surface area contributed by atoms with Gasteiger partial charge in [-0.1, -0.05) is 30.3 Å². The molecular formula is C21H19NO6S. The molecular weight excluding hydrogens is 394 g/mol. The number of carbonyl (C=O) groups is 1. The van der Waals surface area contributed by atoms with Crippen molar-refractivity contribution in [3.63, 3.8) is 0 Å². The Kier molecular flexibility index (Phi) is 5.26. The van der Waals surface area contributed by atoms with Crippen LogP contribution in [0.15, 0.2) is 76.2 Å². The minimum absolute atomic E-state index is 0.0516. The lowest BCUT2D eigenvalue weighted by atomic mass is 10.1. The molecule has 7 nitrogen and oxygen atoms in total. The van der Waals surface area contributed by atoms with Gasteiger partial charge in [0.15, 0.2) is 21.3 Å². The van der Waals surface area contributed by atoms with Crippen LogP contribution in [-0.4, -0.2) is 27.7 Å². The van der Waals surface area contributed by atoms with Crippen LogP contribution in [-0.2, 0) is 21.1 Å². The van der Waals surface area contributed by atoms with E-state index < -0.39 is 15.1 Å². The first-order chi connectivity index (χ1) is 14.0. The fourth-order valence-corrected chi connectivity index (χ4v) is 4.71. The summed E-state index contributed by atoms with van der Waals surface area (Å²) in [5.41, 5.74) is 0.846. The molecule has 0 spiro atoms. The van der Waals surface area contributed by atoms with E-state index in [1.807, 2.05) is 30.3 Å². The van der Waals surface area contributed by atoms with Gasteiger partial charge in [0.05, 0.1) is 17.6 Å². The van der Waals surface area contributed by atoms with Gasteiger partial charge in [0.1, 0.15) is 11.0 Å². The molecule has 1 aliphatic heterocycles. The molecule has 0 radical (unpaired) electrons. The van der Waals surface area contributed by atoms with Crippen molar-refractivity contribution in [1.82, 2.24) is 5.32 Å². The van der Waals surface area contributed by atoms with Gasteiger partial charge in [-0.3, -0.25) is 4.79 Å². The number of amides is 1. The Hall–Kier alpha value is -3.26. The minimum Gasteiger partial charge on any atom is -0.468 e. The predicted molar refractivity (Wildman–Crippen MR) is 104 cm³/mol. The number of ether oxygens (including phenoxy) is 2. The molecule has 1 N–H and O–H groups in total. The lowest BCUT2D eigenvalue weighted by Crippen LogP contribution is -2.32. The Balaban J connectivity index is 1.55. The molecule has 29 heavy (non-hydrogen) atoms. The van der Waals surface area contributed by atoms with Crippen LogP contribution < -0.4 is 14.8 Å². The summed E-state index contributed by atoms with van der Waals surface area (Å²) in [5.74, 6) is 0.850. The summed E-state index contributed by atoms with van der Waals surface area (Å²) in [5, 5.41) is 1.64. The van der Waals surface area contributed by atoms with E-state index in [1.54, 1.807) is 18.2 Å². The van der Waals surface area contributed by atoms with Crippen molar-refractivity contribution in [2.75, 3.05) is 13.3 Å². The van der Waals surface area contributed by atoms with E-state index in [-0.39, 0.29) is 36.3 Å². The molecule has 1 aliphatic rings. The van der Waals surface area contributed by atoms with E-state index in [4.69, 9.17) is 13.9 Å². The number of sulfone groups is 1. The largest absolute Gasteiger partial charge is 0.468 e. The average molecular weight is 413 g/mol. The molecule has 1 amide bonds. The van der Waals surface area contributed by atoms with E-state index in [2.05, 4.69) is 5.32 Å². The number of furan rings is 1. The van der Waals surface area contributed by atoms with Gasteiger partial charge in [-0.2, -0.15) is 0 Å². The summed E-state index contributed by atoms with van der Waals surface area (Å²) in [6, 6.07) is 16.9. The summed E-state index contributed by atoms with van der Waals surface area (Å²) < 4.78 is 42.5. The van der Waals surface area contributed by atoms with Crippen molar-refractivity contribution < 1.29 is 27.1 Å². The molecule has 0 unspecified atom stereocenters. The molecule has 2 heterocycles. The number of hydrogen-bond donors (Lipinski definition) is 1. The number of nitrogens with one attached hydrogen (secondary N) is 1. The van der Waals surface area contributed by atoms with Gasteiger partial charge in [0.2, 0.25) is 12.7 Å². The third kappa shape index (κ3) is 4.12. The summed E-state index contributed by atoms with van der Waals surface area (Å²) in [6.07, 6.45) is 1.57. The van der Waals surface area contributed by atoms with E-state index >= 15 is 0 Å². The molecule has 0 fully saturated rings. The quantitative estimate of drug-likeness (QED) is 0.640. The molecule has 2 aromatic carbocycles. The van der Waals surface area contributed by atoms with Crippen molar-refractivity contribution in [3.8, 4) is 11.5 Å². The Morgan fingerprint density at radius 3 is 2.55 bits per heavy atom. The fraction of sp³-hybridized carbons (Fsp3) is 0.190. The van der Waals surface area contributed by atoms with E-state index in [0.29, 0.717) is 11.5 Å². The maximum Gasteiger partial charge on any atom is 0.231 e. The highest BCUT2D eigenvalue weighted by Gasteiger charge is 2.33.